The fourth-order valence-corrected chi connectivity index (χ4v) is 3.69. The molecule has 0 saturated heterocycles. The number of aliphatic hydroxyl groups is 1. The van der Waals surface area contributed by atoms with Crippen molar-refractivity contribution in [1.82, 2.24) is 24.8 Å². The lowest BCUT2D eigenvalue weighted by molar-refractivity contribution is 0.298. The number of nitrogens with one attached hydrogen (secondary N) is 3. The Hall–Kier alpha value is -4.08. The van der Waals surface area contributed by atoms with Crippen molar-refractivity contribution >= 4 is 40.1 Å². The predicted octanol–water partition coefficient (Wildman–Crippen LogP) is 3.23. The van der Waals surface area contributed by atoms with Gasteiger partial charge in [0.2, 0.25) is 5.56 Å². The molecule has 3 heterocycles. The van der Waals surface area contributed by atoms with Gasteiger partial charge in [0.1, 0.15) is 5.82 Å². The summed E-state index contributed by atoms with van der Waals surface area (Å²) in [7, 11) is 1.71. The summed E-state index contributed by atoms with van der Waals surface area (Å²) in [6.07, 6.45) is 7.85. The Morgan fingerprint density at radius 2 is 2.00 bits per heavy atom. The van der Waals surface area contributed by atoms with Crippen LogP contribution < -0.4 is 16.2 Å². The van der Waals surface area contributed by atoms with E-state index in [9.17, 15) is 4.79 Å². The van der Waals surface area contributed by atoms with E-state index in [1.165, 1.54) is 10.6 Å². The van der Waals surface area contributed by atoms with E-state index in [0.29, 0.717) is 40.8 Å². The van der Waals surface area contributed by atoms with Gasteiger partial charge in [-0.25, -0.2) is 9.97 Å². The van der Waals surface area contributed by atoms with Crippen LogP contribution in [0.2, 0.25) is 5.02 Å². The number of allylic oxidation sites excluding steroid dienone is 1. The summed E-state index contributed by atoms with van der Waals surface area (Å²) < 4.78 is 1.53. The number of aryl methyl sites for hydroxylation is 1. The van der Waals surface area contributed by atoms with Crippen LogP contribution in [0.3, 0.4) is 0 Å². The first-order valence-corrected chi connectivity index (χ1v) is 11.2. The summed E-state index contributed by atoms with van der Waals surface area (Å²) in [4.78, 5) is 25.3. The van der Waals surface area contributed by atoms with Gasteiger partial charge in [0.15, 0.2) is 5.82 Å². The van der Waals surface area contributed by atoms with E-state index >= 15 is 0 Å². The van der Waals surface area contributed by atoms with Crippen molar-refractivity contribution in [1.29, 1.82) is 5.41 Å². The van der Waals surface area contributed by atoms with E-state index in [1.807, 2.05) is 24.3 Å². The second-order valence-corrected chi connectivity index (χ2v) is 8.22. The van der Waals surface area contributed by atoms with E-state index in [0.717, 1.165) is 28.3 Å². The molecular formula is C25H24ClN7O2. The Kier molecular flexibility index (Phi) is 7.49. The summed E-state index contributed by atoms with van der Waals surface area (Å²) in [5, 5.41) is 24.5. The van der Waals surface area contributed by atoms with Gasteiger partial charge in [-0.1, -0.05) is 17.7 Å². The molecule has 0 fully saturated rings. The second-order valence-electron chi connectivity index (χ2n) is 7.78. The van der Waals surface area contributed by atoms with Crippen LogP contribution in [0.15, 0.2) is 66.0 Å². The van der Waals surface area contributed by atoms with Crippen molar-refractivity contribution in [2.24, 2.45) is 7.05 Å². The number of benzene rings is 1. The predicted molar refractivity (Wildman–Crippen MR) is 139 cm³/mol. The minimum absolute atomic E-state index is 0.0330. The fourth-order valence-electron chi connectivity index (χ4n) is 3.49. The van der Waals surface area contributed by atoms with Crippen LogP contribution in [-0.2, 0) is 13.6 Å². The SMILES string of the molecule is Cn1cc(-c2ccc3nc(/C(C=N)=C/NCCO)nc(NCc4cncc(Cl)c4)c3c2)ccc1=O. The van der Waals surface area contributed by atoms with Crippen molar-refractivity contribution in [3.05, 3.63) is 88.0 Å². The highest BCUT2D eigenvalue weighted by atomic mass is 35.5. The Balaban J connectivity index is 1.80. The number of rotatable bonds is 9. The first-order chi connectivity index (χ1) is 17.0. The Morgan fingerprint density at radius 1 is 1.17 bits per heavy atom. The highest BCUT2D eigenvalue weighted by molar-refractivity contribution is 6.30. The zero-order valence-corrected chi connectivity index (χ0v) is 19.8. The molecule has 0 unspecified atom stereocenters. The first kappa shape index (κ1) is 24.1. The van der Waals surface area contributed by atoms with E-state index in [1.54, 1.807) is 37.9 Å². The molecule has 0 amide bonds. The molecule has 0 atom stereocenters. The molecule has 1 aromatic carbocycles. The van der Waals surface area contributed by atoms with E-state index in [2.05, 4.69) is 20.6 Å². The van der Waals surface area contributed by atoms with Crippen LogP contribution >= 0.6 is 11.6 Å². The molecule has 0 bridgehead atoms. The Bertz CT molecular complexity index is 1470. The van der Waals surface area contributed by atoms with Crippen LogP contribution in [0, 0.1) is 5.41 Å². The Morgan fingerprint density at radius 3 is 2.74 bits per heavy atom. The molecule has 0 aliphatic carbocycles. The number of halogens is 1. The zero-order chi connectivity index (χ0) is 24.8. The minimum Gasteiger partial charge on any atom is -0.395 e. The lowest BCUT2D eigenvalue weighted by atomic mass is 10.0. The average molecular weight is 490 g/mol. The molecule has 4 rings (SSSR count). The van der Waals surface area contributed by atoms with Crippen LogP contribution in [-0.4, -0.2) is 44.0 Å². The van der Waals surface area contributed by atoms with Gasteiger partial charge in [0.05, 0.1) is 22.7 Å². The van der Waals surface area contributed by atoms with Crippen molar-refractivity contribution in [3.63, 3.8) is 0 Å². The molecule has 0 aliphatic rings. The number of hydrogen-bond acceptors (Lipinski definition) is 8. The third kappa shape index (κ3) is 5.71. The number of fused-ring (bicyclic) bond motifs is 1. The maximum atomic E-state index is 11.8. The Labute approximate surface area is 206 Å². The number of hydrogen-bond donors (Lipinski definition) is 4. The fraction of sp³-hybridized carbons (Fsp3) is 0.160. The van der Waals surface area contributed by atoms with Gasteiger partial charge in [-0.15, -0.1) is 0 Å². The third-order valence-electron chi connectivity index (χ3n) is 5.26. The average Bonchev–Trinajstić information content (AvgIpc) is 2.86. The molecule has 0 radical (unpaired) electrons. The topological polar surface area (TPSA) is 129 Å². The van der Waals surface area contributed by atoms with Crippen molar-refractivity contribution in [3.8, 4) is 11.1 Å². The summed E-state index contributed by atoms with van der Waals surface area (Å²) in [5.74, 6) is 0.936. The summed E-state index contributed by atoms with van der Waals surface area (Å²) in [6.45, 7) is 0.741. The molecule has 10 heteroatoms. The quantitative estimate of drug-likeness (QED) is 0.210. The van der Waals surface area contributed by atoms with Crippen molar-refractivity contribution in [2.75, 3.05) is 18.5 Å². The van der Waals surface area contributed by atoms with Crippen LogP contribution in [0.4, 0.5) is 5.82 Å². The highest BCUT2D eigenvalue weighted by Crippen LogP contribution is 2.28. The smallest absolute Gasteiger partial charge is 0.250 e. The molecule has 4 aromatic rings. The van der Waals surface area contributed by atoms with Gasteiger partial charge in [-0.3, -0.25) is 9.78 Å². The first-order valence-electron chi connectivity index (χ1n) is 10.9. The van der Waals surface area contributed by atoms with Crippen molar-refractivity contribution in [2.45, 2.75) is 6.54 Å². The maximum Gasteiger partial charge on any atom is 0.250 e. The van der Waals surface area contributed by atoms with Crippen LogP contribution in [0.1, 0.15) is 11.4 Å². The molecule has 178 valence electrons. The lowest BCUT2D eigenvalue weighted by Crippen LogP contribution is -2.14. The molecule has 0 spiro atoms. The maximum absolute atomic E-state index is 11.8. The molecule has 3 aromatic heterocycles. The number of nitrogens with zero attached hydrogens (tertiary/aromatic N) is 4. The van der Waals surface area contributed by atoms with Gasteiger partial charge in [-0.2, -0.15) is 0 Å². The summed E-state index contributed by atoms with van der Waals surface area (Å²) >= 11 is 6.08. The molecular weight excluding hydrogens is 466 g/mol. The zero-order valence-electron chi connectivity index (χ0n) is 19.0. The van der Waals surface area contributed by atoms with Gasteiger partial charge in [0.25, 0.3) is 0 Å². The number of aromatic nitrogens is 4. The highest BCUT2D eigenvalue weighted by Gasteiger charge is 2.12. The van der Waals surface area contributed by atoms with Crippen molar-refractivity contribution < 1.29 is 5.11 Å². The largest absolute Gasteiger partial charge is 0.395 e. The second kappa shape index (κ2) is 10.9. The summed E-state index contributed by atoms with van der Waals surface area (Å²) in [5.41, 5.74) is 3.74. The van der Waals surface area contributed by atoms with Gasteiger partial charge < -0.3 is 25.7 Å². The van der Waals surface area contributed by atoms with Gasteiger partial charge >= 0.3 is 0 Å². The lowest BCUT2D eigenvalue weighted by Gasteiger charge is -2.13. The number of anilines is 1. The summed E-state index contributed by atoms with van der Waals surface area (Å²) in [6, 6.07) is 10.9. The van der Waals surface area contributed by atoms with E-state index in [-0.39, 0.29) is 12.2 Å². The molecule has 0 aliphatic heterocycles. The van der Waals surface area contributed by atoms with Gasteiger partial charge in [-0.05, 0) is 41.0 Å². The molecule has 4 N–H and O–H groups in total. The van der Waals surface area contributed by atoms with E-state index < -0.39 is 0 Å². The molecule has 0 saturated carbocycles. The molecule has 35 heavy (non-hydrogen) atoms. The monoisotopic (exact) mass is 489 g/mol. The number of aliphatic hydroxyl groups excluding tert-OH is 1. The van der Waals surface area contributed by atoms with Crippen LogP contribution in [0.5, 0.6) is 0 Å². The standard InChI is InChI=1S/C25H24ClN7O2/c1-33-15-18(3-5-23(33)35)17-2-4-22-21(9-17)25(30-12-16-8-20(26)14-29-11-16)32-24(31-22)19(10-27)13-28-6-7-34/h2-5,8-11,13-15,27-28,34H,6-7,12H2,1H3,(H,30,31,32)/b19-13+,27-10?. The molecule has 9 nitrogen and oxygen atoms in total. The van der Waals surface area contributed by atoms with E-state index in [4.69, 9.17) is 27.1 Å². The number of pyridine rings is 2. The van der Waals surface area contributed by atoms with Crippen LogP contribution in [0.25, 0.3) is 27.6 Å². The normalized spacial score (nSPS) is 11.5. The minimum atomic E-state index is -0.0826. The van der Waals surface area contributed by atoms with Gasteiger partial charge in [0, 0.05) is 62.6 Å². The third-order valence-corrected chi connectivity index (χ3v) is 5.47.